The average Bonchev–Trinajstić information content (AvgIpc) is 2.99. The van der Waals surface area contributed by atoms with Gasteiger partial charge in [0.1, 0.15) is 11.9 Å². The number of fused-ring (bicyclic) bond motifs is 1. The van der Waals surface area contributed by atoms with Gasteiger partial charge < -0.3 is 10.4 Å². The van der Waals surface area contributed by atoms with E-state index in [1.807, 2.05) is 49.1 Å². The van der Waals surface area contributed by atoms with Crippen molar-refractivity contribution < 1.29 is 19.1 Å². The van der Waals surface area contributed by atoms with Crippen LogP contribution in [0.2, 0.25) is 0 Å². The average molecular weight is 581 g/mol. The number of pyridine rings is 2. The van der Waals surface area contributed by atoms with Crippen molar-refractivity contribution in [1.29, 1.82) is 0 Å². The monoisotopic (exact) mass is 580 g/mol. The first-order valence-corrected chi connectivity index (χ1v) is 14.6. The maximum Gasteiger partial charge on any atom is 0.326 e. The molecule has 2 aromatic heterocycles. The Balaban J connectivity index is 1.37. The van der Waals surface area contributed by atoms with E-state index < -0.39 is 29.8 Å². The van der Waals surface area contributed by atoms with Crippen LogP contribution in [0, 0.1) is 26.6 Å². The Hall–Kier alpha value is -4.43. The van der Waals surface area contributed by atoms with Gasteiger partial charge in [-0.2, -0.15) is 0 Å². The van der Waals surface area contributed by atoms with E-state index in [0.717, 1.165) is 51.1 Å². The zero-order valence-electron chi connectivity index (χ0n) is 25.0. The fourth-order valence-electron chi connectivity index (χ4n) is 5.88. The molecule has 3 heterocycles. The van der Waals surface area contributed by atoms with Crippen molar-refractivity contribution in [2.75, 3.05) is 0 Å². The molecule has 5 rings (SSSR count). The number of nitrogens with one attached hydrogen (secondary N) is 1. The molecule has 0 radical (unpaired) electrons. The highest BCUT2D eigenvalue weighted by Gasteiger charge is 2.35. The number of aromatic nitrogens is 2. The second-order valence-electron chi connectivity index (χ2n) is 11.3. The van der Waals surface area contributed by atoms with Crippen LogP contribution in [0.3, 0.4) is 0 Å². The topological polar surface area (TPSA) is 95.4 Å². The number of aryl methyl sites for hydroxylation is 3. The van der Waals surface area contributed by atoms with Crippen LogP contribution in [0.4, 0.5) is 4.39 Å². The van der Waals surface area contributed by atoms with Crippen LogP contribution in [-0.2, 0) is 41.9 Å². The van der Waals surface area contributed by atoms with Crippen molar-refractivity contribution in [2.45, 2.75) is 72.1 Å². The normalized spacial score (nSPS) is 15.5. The summed E-state index contributed by atoms with van der Waals surface area (Å²) in [5.41, 5.74) is 9.73. The first-order chi connectivity index (χ1) is 20.6. The molecule has 0 spiro atoms. The first kappa shape index (κ1) is 30.0. The molecule has 0 saturated carbocycles. The Bertz CT molecular complexity index is 1650. The van der Waals surface area contributed by atoms with Crippen LogP contribution in [0.5, 0.6) is 0 Å². The van der Waals surface area contributed by atoms with Gasteiger partial charge in [0.15, 0.2) is 0 Å². The van der Waals surface area contributed by atoms with Gasteiger partial charge in [-0.15, -0.1) is 0 Å². The second kappa shape index (κ2) is 12.8. The van der Waals surface area contributed by atoms with Crippen LogP contribution >= 0.6 is 0 Å². The largest absolute Gasteiger partial charge is 0.480 e. The maximum atomic E-state index is 14.6. The van der Waals surface area contributed by atoms with Crippen molar-refractivity contribution in [3.63, 3.8) is 0 Å². The third-order valence-electron chi connectivity index (χ3n) is 8.53. The highest BCUT2D eigenvalue weighted by Crippen LogP contribution is 2.29. The third-order valence-corrected chi connectivity index (χ3v) is 8.53. The standard InChI is InChI=1S/C35H37FN4O3/c1-5-25-17-28-19-40(20-32-30(36)7-6-13-38-32)33(18-27(28)15-21(25)2)34(41)39-31(35(42)43)16-24-8-10-26(11-9-24)29-12-14-37-23(4)22(29)3/h6-15,17,31,33H,5,16,18-20H2,1-4H3,(H,39,41)(H,42,43). The smallest absolute Gasteiger partial charge is 0.326 e. The summed E-state index contributed by atoms with van der Waals surface area (Å²) in [6.07, 6.45) is 4.73. The quantitative estimate of drug-likeness (QED) is 0.271. The number of rotatable bonds is 9. The van der Waals surface area contributed by atoms with Crippen LogP contribution in [0.15, 0.2) is 67.0 Å². The molecule has 7 nitrogen and oxygen atoms in total. The highest BCUT2D eigenvalue weighted by atomic mass is 19.1. The van der Waals surface area contributed by atoms with E-state index in [0.29, 0.717) is 13.0 Å². The van der Waals surface area contributed by atoms with Gasteiger partial charge in [0.25, 0.3) is 0 Å². The van der Waals surface area contributed by atoms with Crippen LogP contribution in [0.1, 0.15) is 51.7 Å². The number of benzene rings is 2. The van der Waals surface area contributed by atoms with Crippen molar-refractivity contribution in [3.8, 4) is 11.1 Å². The van der Waals surface area contributed by atoms with Crippen molar-refractivity contribution in [1.82, 2.24) is 20.2 Å². The summed E-state index contributed by atoms with van der Waals surface area (Å²) in [5, 5.41) is 12.9. The fraction of sp³-hybridized carbons (Fsp3) is 0.314. The summed E-state index contributed by atoms with van der Waals surface area (Å²) in [5.74, 6) is -1.94. The lowest BCUT2D eigenvalue weighted by Gasteiger charge is -2.37. The molecular formula is C35H37FN4O3. The number of hydrogen-bond donors (Lipinski definition) is 2. The molecule has 8 heteroatoms. The Morgan fingerprint density at radius 3 is 2.51 bits per heavy atom. The molecule has 1 aliphatic heterocycles. The number of halogens is 1. The zero-order chi connectivity index (χ0) is 30.7. The molecule has 0 saturated heterocycles. The fourth-order valence-corrected chi connectivity index (χ4v) is 5.88. The van der Waals surface area contributed by atoms with E-state index in [-0.39, 0.29) is 18.7 Å². The van der Waals surface area contributed by atoms with Crippen molar-refractivity contribution >= 4 is 11.9 Å². The predicted octanol–water partition coefficient (Wildman–Crippen LogP) is 5.51. The Labute approximate surface area is 251 Å². The molecule has 2 unspecified atom stereocenters. The number of aliphatic carboxylic acids is 1. The molecule has 2 aromatic carbocycles. The molecule has 2 atom stereocenters. The van der Waals surface area contributed by atoms with Gasteiger partial charge in [-0.1, -0.05) is 43.3 Å². The second-order valence-corrected chi connectivity index (χ2v) is 11.3. The highest BCUT2D eigenvalue weighted by molar-refractivity contribution is 5.87. The Morgan fingerprint density at radius 2 is 1.81 bits per heavy atom. The van der Waals surface area contributed by atoms with Gasteiger partial charge in [0, 0.05) is 37.6 Å². The lowest BCUT2D eigenvalue weighted by Crippen LogP contribution is -2.54. The molecule has 1 aliphatic rings. The van der Waals surface area contributed by atoms with Crippen molar-refractivity contribution in [2.24, 2.45) is 0 Å². The van der Waals surface area contributed by atoms with Gasteiger partial charge in [-0.05, 0) is 96.3 Å². The lowest BCUT2D eigenvalue weighted by atomic mass is 9.89. The lowest BCUT2D eigenvalue weighted by molar-refractivity contribution is -0.142. The van der Waals surface area contributed by atoms with E-state index in [1.165, 1.54) is 23.9 Å². The SMILES string of the molecule is CCc1cc2c(cc1C)CC(C(=O)NC(Cc1ccc(-c3ccnc(C)c3C)cc1)C(=O)O)N(Cc1ncccc1F)C2. The van der Waals surface area contributed by atoms with Crippen LogP contribution < -0.4 is 5.32 Å². The first-order valence-electron chi connectivity index (χ1n) is 14.6. The molecule has 43 heavy (non-hydrogen) atoms. The number of nitrogens with zero attached hydrogens (tertiary/aromatic N) is 3. The van der Waals surface area contributed by atoms with Crippen molar-refractivity contribution in [3.05, 3.63) is 118 Å². The maximum absolute atomic E-state index is 14.6. The molecule has 1 amide bonds. The number of carboxylic acid groups (broad SMARTS) is 1. The minimum absolute atomic E-state index is 0.132. The number of carbonyl (C=O) groups excluding carboxylic acids is 1. The number of carbonyl (C=O) groups is 2. The van der Waals surface area contributed by atoms with Gasteiger partial charge in [-0.25, -0.2) is 9.18 Å². The number of carboxylic acids is 1. The summed E-state index contributed by atoms with van der Waals surface area (Å²) in [6, 6.07) is 15.1. The minimum Gasteiger partial charge on any atom is -0.480 e. The molecule has 2 N–H and O–H groups in total. The molecule has 0 bridgehead atoms. The van der Waals surface area contributed by atoms with Gasteiger partial charge in [0.2, 0.25) is 5.91 Å². The molecule has 4 aromatic rings. The molecular weight excluding hydrogens is 543 g/mol. The Kier molecular flexibility index (Phi) is 8.97. The van der Waals surface area contributed by atoms with E-state index in [4.69, 9.17) is 0 Å². The zero-order valence-corrected chi connectivity index (χ0v) is 25.0. The van der Waals surface area contributed by atoms with E-state index >= 15 is 0 Å². The minimum atomic E-state index is -1.12. The molecule has 0 aliphatic carbocycles. The molecule has 0 fully saturated rings. The summed E-state index contributed by atoms with van der Waals surface area (Å²) in [7, 11) is 0. The summed E-state index contributed by atoms with van der Waals surface area (Å²) < 4.78 is 14.6. The van der Waals surface area contributed by atoms with Crippen LogP contribution in [0.25, 0.3) is 11.1 Å². The van der Waals surface area contributed by atoms with E-state index in [9.17, 15) is 19.1 Å². The van der Waals surface area contributed by atoms with Gasteiger partial charge in [0.05, 0.1) is 11.7 Å². The van der Waals surface area contributed by atoms with Crippen LogP contribution in [-0.4, -0.2) is 43.9 Å². The summed E-state index contributed by atoms with van der Waals surface area (Å²) in [4.78, 5) is 36.5. The number of hydrogen-bond acceptors (Lipinski definition) is 5. The summed E-state index contributed by atoms with van der Waals surface area (Å²) in [6.45, 7) is 8.73. The summed E-state index contributed by atoms with van der Waals surface area (Å²) >= 11 is 0. The van der Waals surface area contributed by atoms with Gasteiger partial charge in [-0.3, -0.25) is 19.7 Å². The van der Waals surface area contributed by atoms with E-state index in [1.54, 1.807) is 6.20 Å². The van der Waals surface area contributed by atoms with E-state index in [2.05, 4.69) is 41.3 Å². The van der Waals surface area contributed by atoms with Gasteiger partial charge >= 0.3 is 5.97 Å². The Morgan fingerprint density at radius 1 is 1.05 bits per heavy atom. The predicted molar refractivity (Wildman–Crippen MR) is 164 cm³/mol. The number of amides is 1. The third kappa shape index (κ3) is 6.65. The molecule has 222 valence electrons.